The van der Waals surface area contributed by atoms with E-state index in [0.717, 1.165) is 23.9 Å². The molecule has 0 radical (unpaired) electrons. The van der Waals surface area contributed by atoms with E-state index in [9.17, 15) is 4.79 Å². The maximum absolute atomic E-state index is 12.2. The Morgan fingerprint density at radius 1 is 1.09 bits per heavy atom. The summed E-state index contributed by atoms with van der Waals surface area (Å²) in [6, 6.07) is 7.53. The zero-order chi connectivity index (χ0) is 15.6. The lowest BCUT2D eigenvalue weighted by Gasteiger charge is -1.99. The summed E-state index contributed by atoms with van der Waals surface area (Å²) < 4.78 is 1.41. The molecular weight excluding hydrogens is 274 g/mol. The van der Waals surface area contributed by atoms with Crippen LogP contribution in [-0.2, 0) is 0 Å². The van der Waals surface area contributed by atoms with Gasteiger partial charge >= 0.3 is 0 Å². The molecular formula is C18H25N3O. The van der Waals surface area contributed by atoms with Gasteiger partial charge in [0.25, 0.3) is 0 Å². The van der Waals surface area contributed by atoms with Gasteiger partial charge in [0.15, 0.2) is 0 Å². The van der Waals surface area contributed by atoms with Gasteiger partial charge in [-0.15, -0.1) is 5.10 Å². The van der Waals surface area contributed by atoms with E-state index in [1.54, 1.807) is 0 Å². The van der Waals surface area contributed by atoms with Gasteiger partial charge in [0.05, 0.1) is 5.52 Å². The lowest BCUT2D eigenvalue weighted by molar-refractivity contribution is 0.0891. The van der Waals surface area contributed by atoms with Gasteiger partial charge in [-0.25, -0.2) is 0 Å². The molecule has 0 saturated carbocycles. The van der Waals surface area contributed by atoms with Crippen molar-refractivity contribution in [3.63, 3.8) is 0 Å². The topological polar surface area (TPSA) is 47.8 Å². The van der Waals surface area contributed by atoms with E-state index in [-0.39, 0.29) is 5.91 Å². The number of unbranched alkanes of at least 4 members (excludes halogenated alkanes) is 5. The van der Waals surface area contributed by atoms with E-state index in [2.05, 4.69) is 29.4 Å². The second-order valence-corrected chi connectivity index (χ2v) is 5.60. The van der Waals surface area contributed by atoms with Crippen molar-refractivity contribution < 1.29 is 4.79 Å². The van der Waals surface area contributed by atoms with Crippen molar-refractivity contribution in [2.75, 3.05) is 0 Å². The zero-order valence-electron chi connectivity index (χ0n) is 13.4. The molecule has 0 aliphatic heterocycles. The molecule has 22 heavy (non-hydrogen) atoms. The summed E-state index contributed by atoms with van der Waals surface area (Å²) in [6.07, 6.45) is 13.2. The van der Waals surface area contributed by atoms with Crippen molar-refractivity contribution >= 4 is 16.9 Å². The molecule has 0 saturated heterocycles. The summed E-state index contributed by atoms with van der Waals surface area (Å²) >= 11 is 0. The van der Waals surface area contributed by atoms with Crippen LogP contribution in [0.5, 0.6) is 0 Å². The van der Waals surface area contributed by atoms with Crippen LogP contribution in [0.3, 0.4) is 0 Å². The van der Waals surface area contributed by atoms with E-state index >= 15 is 0 Å². The van der Waals surface area contributed by atoms with E-state index in [1.807, 2.05) is 24.3 Å². The van der Waals surface area contributed by atoms with Gasteiger partial charge in [-0.05, 0) is 31.4 Å². The van der Waals surface area contributed by atoms with Gasteiger partial charge in [0.1, 0.15) is 5.52 Å². The number of nitrogens with zero attached hydrogens (tertiary/aromatic N) is 3. The summed E-state index contributed by atoms with van der Waals surface area (Å²) in [5, 5.41) is 7.95. The van der Waals surface area contributed by atoms with Crippen LogP contribution in [0.4, 0.5) is 0 Å². The fraction of sp³-hybridized carbons (Fsp3) is 0.500. The Kier molecular flexibility index (Phi) is 6.81. The van der Waals surface area contributed by atoms with Crippen LogP contribution in [0, 0.1) is 0 Å². The quantitative estimate of drug-likeness (QED) is 0.495. The molecule has 0 aliphatic rings. The number of aromatic nitrogens is 3. The fourth-order valence-electron chi connectivity index (χ4n) is 2.47. The summed E-state index contributed by atoms with van der Waals surface area (Å²) in [5.41, 5.74) is 1.55. The van der Waals surface area contributed by atoms with Gasteiger partial charge in [-0.2, -0.15) is 4.68 Å². The number of fused-ring (bicyclic) bond motifs is 1. The summed E-state index contributed by atoms with van der Waals surface area (Å²) in [4.78, 5) is 12.2. The molecule has 0 atom stereocenters. The molecule has 1 aromatic carbocycles. The highest BCUT2D eigenvalue weighted by Crippen LogP contribution is 2.11. The first-order chi connectivity index (χ1) is 10.8. The van der Waals surface area contributed by atoms with Crippen LogP contribution in [-0.4, -0.2) is 20.9 Å². The lowest BCUT2D eigenvalue weighted by Crippen LogP contribution is -2.11. The average Bonchev–Trinajstić information content (AvgIpc) is 2.97. The monoisotopic (exact) mass is 299 g/mol. The maximum atomic E-state index is 12.2. The molecule has 0 N–H and O–H groups in total. The number of carbonyl (C=O) groups is 1. The van der Waals surface area contributed by atoms with Crippen molar-refractivity contribution in [3.8, 4) is 0 Å². The van der Waals surface area contributed by atoms with Crippen molar-refractivity contribution in [2.24, 2.45) is 0 Å². The Morgan fingerprint density at radius 2 is 1.86 bits per heavy atom. The molecule has 0 spiro atoms. The Hall–Kier alpha value is -1.97. The second kappa shape index (κ2) is 9.13. The molecule has 0 aliphatic carbocycles. The van der Waals surface area contributed by atoms with Crippen LogP contribution in [0.25, 0.3) is 11.0 Å². The number of hydrogen-bond donors (Lipinski definition) is 0. The van der Waals surface area contributed by atoms with Crippen molar-refractivity contribution in [3.05, 3.63) is 36.4 Å². The van der Waals surface area contributed by atoms with Gasteiger partial charge in [-0.3, -0.25) is 4.79 Å². The largest absolute Gasteiger partial charge is 0.272 e. The third-order valence-electron chi connectivity index (χ3n) is 3.75. The SMILES string of the molecule is CCCCCCC/C=C/CCC(=O)n1nnc2ccccc21. The average molecular weight is 299 g/mol. The minimum atomic E-state index is 0.00120. The Morgan fingerprint density at radius 3 is 2.73 bits per heavy atom. The van der Waals surface area contributed by atoms with Crippen LogP contribution in [0.2, 0.25) is 0 Å². The fourth-order valence-corrected chi connectivity index (χ4v) is 2.47. The van der Waals surface area contributed by atoms with Crippen molar-refractivity contribution in [1.82, 2.24) is 15.0 Å². The molecule has 4 heteroatoms. The smallest absolute Gasteiger partial charge is 0.249 e. The van der Waals surface area contributed by atoms with Crippen LogP contribution in [0.1, 0.15) is 63.1 Å². The van der Waals surface area contributed by atoms with Crippen LogP contribution >= 0.6 is 0 Å². The highest BCUT2D eigenvalue weighted by Gasteiger charge is 2.10. The predicted molar refractivity (Wildman–Crippen MR) is 89.9 cm³/mol. The van der Waals surface area contributed by atoms with E-state index < -0.39 is 0 Å². The highest BCUT2D eigenvalue weighted by molar-refractivity contribution is 5.88. The van der Waals surface area contributed by atoms with E-state index in [1.165, 1.54) is 36.8 Å². The minimum Gasteiger partial charge on any atom is -0.272 e. The Bertz CT molecular complexity index is 616. The molecule has 0 bridgehead atoms. The van der Waals surface area contributed by atoms with Crippen molar-refractivity contribution in [2.45, 2.75) is 58.3 Å². The highest BCUT2D eigenvalue weighted by atomic mass is 16.2. The van der Waals surface area contributed by atoms with Gasteiger partial charge in [0, 0.05) is 6.42 Å². The molecule has 0 unspecified atom stereocenters. The summed E-state index contributed by atoms with van der Waals surface area (Å²) in [6.45, 7) is 2.23. The van der Waals surface area contributed by atoms with Crippen LogP contribution < -0.4 is 0 Å². The number of para-hydroxylation sites is 1. The number of hydrogen-bond acceptors (Lipinski definition) is 3. The minimum absolute atomic E-state index is 0.00120. The standard InChI is InChI=1S/C18H25N3O/c1-2-3-4-5-6-7-8-9-10-15-18(22)21-17-14-12-11-13-16(17)19-20-21/h8-9,11-14H,2-7,10,15H2,1H3/b9-8+. The molecule has 1 heterocycles. The second-order valence-electron chi connectivity index (χ2n) is 5.60. The van der Waals surface area contributed by atoms with Gasteiger partial charge < -0.3 is 0 Å². The Balaban J connectivity index is 1.70. The Labute approximate surface area is 132 Å². The zero-order valence-corrected chi connectivity index (χ0v) is 13.4. The van der Waals surface area contributed by atoms with Gasteiger partial charge in [-0.1, -0.05) is 62.1 Å². The summed E-state index contributed by atoms with van der Waals surface area (Å²) in [7, 11) is 0. The molecule has 4 nitrogen and oxygen atoms in total. The third kappa shape index (κ3) is 4.79. The number of allylic oxidation sites excluding steroid dienone is 2. The first kappa shape index (κ1) is 16.4. The van der Waals surface area contributed by atoms with E-state index in [0.29, 0.717) is 6.42 Å². The first-order valence-corrected chi connectivity index (χ1v) is 8.31. The molecule has 0 fully saturated rings. The maximum Gasteiger partial charge on any atom is 0.249 e. The molecule has 2 aromatic rings. The van der Waals surface area contributed by atoms with Crippen molar-refractivity contribution in [1.29, 1.82) is 0 Å². The number of rotatable bonds is 9. The van der Waals surface area contributed by atoms with Crippen LogP contribution in [0.15, 0.2) is 36.4 Å². The number of benzene rings is 1. The summed E-state index contributed by atoms with van der Waals surface area (Å²) in [5.74, 6) is 0.00120. The normalized spacial score (nSPS) is 11.5. The number of carbonyl (C=O) groups excluding carboxylic acids is 1. The molecule has 2 rings (SSSR count). The van der Waals surface area contributed by atoms with Gasteiger partial charge in [0.2, 0.25) is 5.91 Å². The molecule has 118 valence electrons. The lowest BCUT2D eigenvalue weighted by atomic mass is 10.1. The molecule has 1 aromatic heterocycles. The predicted octanol–water partition coefficient (Wildman–Crippen LogP) is 4.77. The molecule has 0 amide bonds. The first-order valence-electron chi connectivity index (χ1n) is 8.31. The third-order valence-corrected chi connectivity index (χ3v) is 3.75. The van der Waals surface area contributed by atoms with E-state index in [4.69, 9.17) is 0 Å².